The summed E-state index contributed by atoms with van der Waals surface area (Å²) < 4.78 is 32.5. The summed E-state index contributed by atoms with van der Waals surface area (Å²) in [7, 11) is 0. The monoisotopic (exact) mass is 334 g/mol. The second-order valence-electron chi connectivity index (χ2n) is 4.95. The molecule has 2 nitrogen and oxygen atoms in total. The highest BCUT2D eigenvalue weighted by Crippen LogP contribution is 2.37. The van der Waals surface area contributed by atoms with Gasteiger partial charge < -0.3 is 9.84 Å². The highest BCUT2D eigenvalue weighted by molar-refractivity contribution is 9.10. The Morgan fingerprint density at radius 1 is 1.37 bits per heavy atom. The summed E-state index contributed by atoms with van der Waals surface area (Å²) in [6.45, 7) is 2.63. The van der Waals surface area contributed by atoms with Crippen LogP contribution in [0, 0.1) is 17.6 Å². The SMILES string of the molecule is CCOC1CC(CC(O)c2cc(F)c(Br)cc2F)C1. The minimum Gasteiger partial charge on any atom is -0.388 e. The highest BCUT2D eigenvalue weighted by Gasteiger charge is 2.32. The van der Waals surface area contributed by atoms with Gasteiger partial charge in [0.05, 0.1) is 16.7 Å². The van der Waals surface area contributed by atoms with Gasteiger partial charge in [0, 0.05) is 12.2 Å². The van der Waals surface area contributed by atoms with Crippen molar-refractivity contribution >= 4 is 15.9 Å². The Kier molecular flexibility index (Phi) is 4.92. The first kappa shape index (κ1) is 14.9. The van der Waals surface area contributed by atoms with E-state index in [0.29, 0.717) is 18.9 Å². The largest absolute Gasteiger partial charge is 0.388 e. The maximum Gasteiger partial charge on any atom is 0.137 e. The van der Waals surface area contributed by atoms with Crippen LogP contribution in [0.25, 0.3) is 0 Å². The van der Waals surface area contributed by atoms with Gasteiger partial charge in [-0.3, -0.25) is 0 Å². The van der Waals surface area contributed by atoms with Crippen molar-refractivity contribution < 1.29 is 18.6 Å². The molecule has 0 saturated heterocycles. The molecule has 1 aromatic carbocycles. The number of hydrogen-bond donors (Lipinski definition) is 1. The van der Waals surface area contributed by atoms with Gasteiger partial charge in [-0.25, -0.2) is 8.78 Å². The Morgan fingerprint density at radius 3 is 2.68 bits per heavy atom. The van der Waals surface area contributed by atoms with Crippen molar-refractivity contribution in [2.75, 3.05) is 6.61 Å². The zero-order chi connectivity index (χ0) is 14.0. The quantitative estimate of drug-likeness (QED) is 0.825. The molecular weight excluding hydrogens is 318 g/mol. The van der Waals surface area contributed by atoms with Gasteiger partial charge in [0.15, 0.2) is 0 Å². The number of benzene rings is 1. The molecule has 1 aromatic rings. The van der Waals surface area contributed by atoms with Crippen LogP contribution >= 0.6 is 15.9 Å². The number of ether oxygens (including phenoxy) is 1. The first-order chi connectivity index (χ1) is 9.01. The summed E-state index contributed by atoms with van der Waals surface area (Å²) in [4.78, 5) is 0. The summed E-state index contributed by atoms with van der Waals surface area (Å²) in [6, 6.07) is 2.11. The van der Waals surface area contributed by atoms with Crippen molar-refractivity contribution in [3.05, 3.63) is 33.8 Å². The summed E-state index contributed by atoms with van der Waals surface area (Å²) in [6.07, 6.45) is 1.50. The molecule has 1 aliphatic carbocycles. The van der Waals surface area contributed by atoms with Crippen molar-refractivity contribution in [1.82, 2.24) is 0 Å². The molecule has 1 fully saturated rings. The van der Waals surface area contributed by atoms with Crippen molar-refractivity contribution in [2.24, 2.45) is 5.92 Å². The van der Waals surface area contributed by atoms with Crippen LogP contribution in [-0.2, 0) is 4.74 Å². The molecule has 19 heavy (non-hydrogen) atoms. The van der Waals surface area contributed by atoms with Gasteiger partial charge in [-0.1, -0.05) is 0 Å². The lowest BCUT2D eigenvalue weighted by molar-refractivity contribution is -0.0382. The summed E-state index contributed by atoms with van der Waals surface area (Å²) in [5.74, 6) is -0.824. The standard InChI is InChI=1S/C14H17BrF2O2/c1-2-19-9-3-8(4-9)5-14(18)10-6-13(17)11(15)7-12(10)16/h6-9,14,18H,2-5H2,1H3. The molecule has 0 aliphatic heterocycles. The summed E-state index contributed by atoms with van der Waals surface area (Å²) >= 11 is 2.92. The Labute approximate surface area is 119 Å². The average Bonchev–Trinajstić information content (AvgIpc) is 2.31. The van der Waals surface area contributed by atoms with Crippen LogP contribution in [0.3, 0.4) is 0 Å². The van der Waals surface area contributed by atoms with Gasteiger partial charge >= 0.3 is 0 Å². The van der Waals surface area contributed by atoms with E-state index in [9.17, 15) is 13.9 Å². The van der Waals surface area contributed by atoms with E-state index in [2.05, 4.69) is 15.9 Å². The Morgan fingerprint density at radius 2 is 2.05 bits per heavy atom. The van der Waals surface area contributed by atoms with Crippen molar-refractivity contribution in [1.29, 1.82) is 0 Å². The maximum absolute atomic E-state index is 13.7. The Bertz CT molecular complexity index is 447. The number of halogens is 3. The van der Waals surface area contributed by atoms with Crippen molar-refractivity contribution in [3.8, 4) is 0 Å². The van der Waals surface area contributed by atoms with Gasteiger partial charge in [0.1, 0.15) is 11.6 Å². The van der Waals surface area contributed by atoms with Gasteiger partial charge in [-0.15, -0.1) is 0 Å². The molecular formula is C14H17BrF2O2. The third-order valence-electron chi connectivity index (χ3n) is 3.55. The van der Waals surface area contributed by atoms with Crippen molar-refractivity contribution in [2.45, 2.75) is 38.4 Å². The molecule has 1 aliphatic rings. The zero-order valence-electron chi connectivity index (χ0n) is 10.7. The molecule has 1 unspecified atom stereocenters. The molecule has 0 aromatic heterocycles. The van der Waals surface area contributed by atoms with E-state index < -0.39 is 17.7 Å². The van der Waals surface area contributed by atoms with Crippen LogP contribution in [0.4, 0.5) is 8.78 Å². The number of hydrogen-bond acceptors (Lipinski definition) is 2. The molecule has 106 valence electrons. The lowest BCUT2D eigenvalue weighted by Crippen LogP contribution is -2.32. The maximum atomic E-state index is 13.7. The zero-order valence-corrected chi connectivity index (χ0v) is 12.3. The fraction of sp³-hybridized carbons (Fsp3) is 0.571. The van der Waals surface area contributed by atoms with Crippen LogP contribution in [0.15, 0.2) is 16.6 Å². The third-order valence-corrected chi connectivity index (χ3v) is 4.16. The predicted molar refractivity (Wildman–Crippen MR) is 71.8 cm³/mol. The van der Waals surface area contributed by atoms with Crippen LogP contribution in [0.5, 0.6) is 0 Å². The van der Waals surface area contributed by atoms with E-state index in [1.807, 2.05) is 6.92 Å². The highest BCUT2D eigenvalue weighted by atomic mass is 79.9. The lowest BCUT2D eigenvalue weighted by atomic mass is 9.78. The normalized spacial score (nSPS) is 24.1. The van der Waals surface area contributed by atoms with Gasteiger partial charge in [-0.2, -0.15) is 0 Å². The predicted octanol–water partition coefficient (Wildman–Crippen LogP) is 3.97. The third kappa shape index (κ3) is 3.52. The van der Waals surface area contributed by atoms with E-state index >= 15 is 0 Å². The number of aliphatic hydroxyl groups is 1. The van der Waals surface area contributed by atoms with E-state index in [1.165, 1.54) is 0 Å². The Balaban J connectivity index is 1.94. The summed E-state index contributed by atoms with van der Waals surface area (Å²) in [5, 5.41) is 10.0. The fourth-order valence-electron chi connectivity index (χ4n) is 2.47. The van der Waals surface area contributed by atoms with Gasteiger partial charge in [-0.05, 0) is 60.2 Å². The minimum absolute atomic E-state index is 0.0283. The van der Waals surface area contributed by atoms with Crippen LogP contribution < -0.4 is 0 Å². The van der Waals surface area contributed by atoms with E-state index in [-0.39, 0.29) is 16.1 Å². The molecule has 1 N–H and O–H groups in total. The smallest absolute Gasteiger partial charge is 0.137 e. The molecule has 1 atom stereocenters. The first-order valence-electron chi connectivity index (χ1n) is 6.45. The molecule has 0 bridgehead atoms. The second-order valence-corrected chi connectivity index (χ2v) is 5.81. The van der Waals surface area contributed by atoms with E-state index in [4.69, 9.17) is 4.74 Å². The average molecular weight is 335 g/mol. The first-order valence-corrected chi connectivity index (χ1v) is 7.24. The molecule has 0 amide bonds. The molecule has 1 saturated carbocycles. The second kappa shape index (κ2) is 6.29. The lowest BCUT2D eigenvalue weighted by Gasteiger charge is -2.36. The molecule has 5 heteroatoms. The van der Waals surface area contributed by atoms with E-state index in [0.717, 1.165) is 25.0 Å². The van der Waals surface area contributed by atoms with Crippen molar-refractivity contribution in [3.63, 3.8) is 0 Å². The van der Waals surface area contributed by atoms with Gasteiger partial charge in [0.25, 0.3) is 0 Å². The van der Waals surface area contributed by atoms with E-state index in [1.54, 1.807) is 0 Å². The number of rotatable bonds is 5. The number of aliphatic hydroxyl groups excluding tert-OH is 1. The molecule has 0 spiro atoms. The van der Waals surface area contributed by atoms with Crippen LogP contribution in [-0.4, -0.2) is 17.8 Å². The summed E-state index contributed by atoms with van der Waals surface area (Å²) in [5.41, 5.74) is 0.0283. The minimum atomic E-state index is -0.963. The van der Waals surface area contributed by atoms with Crippen LogP contribution in [0.1, 0.15) is 37.9 Å². The fourth-order valence-corrected chi connectivity index (χ4v) is 2.79. The van der Waals surface area contributed by atoms with Crippen LogP contribution in [0.2, 0.25) is 0 Å². The topological polar surface area (TPSA) is 29.5 Å². The molecule has 0 heterocycles. The van der Waals surface area contributed by atoms with Gasteiger partial charge in [0.2, 0.25) is 0 Å². The molecule has 0 radical (unpaired) electrons. The molecule has 2 rings (SSSR count). The Hall–Kier alpha value is -0.520.